The van der Waals surface area contributed by atoms with Gasteiger partial charge in [0.25, 0.3) is 0 Å². The van der Waals surface area contributed by atoms with E-state index in [1.54, 1.807) is 11.0 Å². The fourth-order valence-corrected chi connectivity index (χ4v) is 2.62. The van der Waals surface area contributed by atoms with Gasteiger partial charge in [-0.1, -0.05) is 0 Å². The molecule has 1 N–H and O–H groups in total. The number of amides is 1. The SMILES string of the molecule is O=C(O)CC[C@@H]1CCCCN1C(=O)CCn1cncn1. The highest BCUT2D eigenvalue weighted by Crippen LogP contribution is 2.21. The van der Waals surface area contributed by atoms with E-state index in [-0.39, 0.29) is 18.4 Å². The van der Waals surface area contributed by atoms with Crippen LogP contribution in [0.3, 0.4) is 0 Å². The molecule has 1 aromatic heterocycles. The molecule has 0 aromatic carbocycles. The van der Waals surface area contributed by atoms with Gasteiger partial charge in [0.15, 0.2) is 0 Å². The molecule has 1 fully saturated rings. The van der Waals surface area contributed by atoms with Crippen molar-refractivity contribution in [2.45, 2.75) is 51.1 Å². The highest BCUT2D eigenvalue weighted by atomic mass is 16.4. The van der Waals surface area contributed by atoms with Crippen molar-refractivity contribution in [2.75, 3.05) is 6.54 Å². The number of carbonyl (C=O) groups excluding carboxylic acids is 1. The van der Waals surface area contributed by atoms with Crippen LogP contribution in [0.15, 0.2) is 12.7 Å². The molecule has 20 heavy (non-hydrogen) atoms. The van der Waals surface area contributed by atoms with E-state index in [2.05, 4.69) is 10.1 Å². The Morgan fingerprint density at radius 1 is 1.30 bits per heavy atom. The van der Waals surface area contributed by atoms with Crippen LogP contribution in [-0.2, 0) is 16.1 Å². The molecule has 1 aliphatic rings. The lowest BCUT2D eigenvalue weighted by atomic mass is 9.97. The van der Waals surface area contributed by atoms with Crippen LogP contribution in [0.25, 0.3) is 0 Å². The van der Waals surface area contributed by atoms with Crippen LogP contribution in [0.1, 0.15) is 38.5 Å². The molecule has 0 aliphatic carbocycles. The number of aromatic nitrogens is 3. The summed E-state index contributed by atoms with van der Waals surface area (Å²) in [6.07, 6.45) is 7.05. The van der Waals surface area contributed by atoms with Gasteiger partial charge in [0, 0.05) is 25.4 Å². The minimum Gasteiger partial charge on any atom is -0.481 e. The van der Waals surface area contributed by atoms with Gasteiger partial charge in [0.2, 0.25) is 5.91 Å². The Labute approximate surface area is 117 Å². The molecule has 0 radical (unpaired) electrons. The number of rotatable bonds is 6. The fourth-order valence-electron chi connectivity index (χ4n) is 2.62. The van der Waals surface area contributed by atoms with E-state index in [0.717, 1.165) is 25.8 Å². The van der Waals surface area contributed by atoms with Gasteiger partial charge in [0.05, 0.1) is 6.54 Å². The first kappa shape index (κ1) is 14.5. The van der Waals surface area contributed by atoms with Crippen LogP contribution < -0.4 is 0 Å². The van der Waals surface area contributed by atoms with Crippen LogP contribution in [0.5, 0.6) is 0 Å². The Morgan fingerprint density at radius 3 is 2.85 bits per heavy atom. The Morgan fingerprint density at radius 2 is 2.15 bits per heavy atom. The average Bonchev–Trinajstić information content (AvgIpc) is 2.96. The van der Waals surface area contributed by atoms with Gasteiger partial charge in [-0.3, -0.25) is 14.3 Å². The maximum Gasteiger partial charge on any atom is 0.303 e. The molecule has 1 aliphatic heterocycles. The first-order chi connectivity index (χ1) is 9.66. The molecule has 1 amide bonds. The minimum atomic E-state index is -0.800. The number of hydrogen-bond acceptors (Lipinski definition) is 4. The third-order valence-corrected chi connectivity index (χ3v) is 3.66. The van der Waals surface area contributed by atoms with E-state index < -0.39 is 5.97 Å². The quantitative estimate of drug-likeness (QED) is 0.837. The minimum absolute atomic E-state index is 0.0723. The van der Waals surface area contributed by atoms with E-state index in [1.807, 2.05) is 4.90 Å². The molecule has 1 saturated heterocycles. The topological polar surface area (TPSA) is 88.3 Å². The summed E-state index contributed by atoms with van der Waals surface area (Å²) >= 11 is 0. The highest BCUT2D eigenvalue weighted by Gasteiger charge is 2.26. The summed E-state index contributed by atoms with van der Waals surface area (Å²) in [5.74, 6) is -0.721. The summed E-state index contributed by atoms with van der Waals surface area (Å²) in [6, 6.07) is 0.0723. The molecule has 7 heteroatoms. The van der Waals surface area contributed by atoms with E-state index in [4.69, 9.17) is 5.11 Å². The van der Waals surface area contributed by atoms with Crippen molar-refractivity contribution in [2.24, 2.45) is 0 Å². The van der Waals surface area contributed by atoms with E-state index in [0.29, 0.717) is 19.4 Å². The summed E-state index contributed by atoms with van der Waals surface area (Å²) in [5, 5.41) is 12.7. The first-order valence-corrected chi connectivity index (χ1v) is 7.00. The van der Waals surface area contributed by atoms with Crippen molar-refractivity contribution in [3.8, 4) is 0 Å². The van der Waals surface area contributed by atoms with Crippen molar-refractivity contribution in [1.29, 1.82) is 0 Å². The third kappa shape index (κ3) is 4.04. The smallest absolute Gasteiger partial charge is 0.303 e. The average molecular weight is 280 g/mol. The van der Waals surface area contributed by atoms with Gasteiger partial charge in [-0.05, 0) is 25.7 Å². The van der Waals surface area contributed by atoms with E-state index in [9.17, 15) is 9.59 Å². The monoisotopic (exact) mass is 280 g/mol. The summed E-state index contributed by atoms with van der Waals surface area (Å²) in [7, 11) is 0. The molecule has 1 atom stereocenters. The van der Waals surface area contributed by atoms with Gasteiger partial charge in [-0.15, -0.1) is 0 Å². The van der Waals surface area contributed by atoms with E-state index in [1.165, 1.54) is 6.33 Å². The van der Waals surface area contributed by atoms with Crippen molar-refractivity contribution in [3.63, 3.8) is 0 Å². The lowest BCUT2D eigenvalue weighted by Crippen LogP contribution is -2.44. The number of aliphatic carboxylic acids is 1. The third-order valence-electron chi connectivity index (χ3n) is 3.66. The first-order valence-electron chi connectivity index (χ1n) is 7.00. The summed E-state index contributed by atoms with van der Waals surface area (Å²) in [6.45, 7) is 1.25. The number of likely N-dealkylation sites (tertiary alicyclic amines) is 1. The molecule has 1 aromatic rings. The molecule has 0 saturated carbocycles. The molecule has 7 nitrogen and oxygen atoms in total. The Bertz CT molecular complexity index is 446. The lowest BCUT2D eigenvalue weighted by molar-refractivity contribution is -0.140. The highest BCUT2D eigenvalue weighted by molar-refractivity contribution is 5.76. The number of carboxylic acids is 1. The lowest BCUT2D eigenvalue weighted by Gasteiger charge is -2.35. The van der Waals surface area contributed by atoms with Gasteiger partial charge >= 0.3 is 5.97 Å². The van der Waals surface area contributed by atoms with Crippen LogP contribution in [-0.4, -0.2) is 49.2 Å². The van der Waals surface area contributed by atoms with Crippen molar-refractivity contribution < 1.29 is 14.7 Å². The van der Waals surface area contributed by atoms with Crippen molar-refractivity contribution in [1.82, 2.24) is 19.7 Å². The standard InChI is InChI=1S/C13H20N4O3/c18-12(6-8-16-10-14-9-15-16)17-7-2-1-3-11(17)4-5-13(19)20/h9-11H,1-8H2,(H,19,20)/t11-/m0/s1. The molecule has 2 heterocycles. The second-order valence-electron chi connectivity index (χ2n) is 5.08. The Hall–Kier alpha value is -1.92. The number of hydrogen-bond donors (Lipinski definition) is 1. The zero-order valence-electron chi connectivity index (χ0n) is 11.4. The molecule has 0 bridgehead atoms. The van der Waals surface area contributed by atoms with Crippen molar-refractivity contribution in [3.05, 3.63) is 12.7 Å². The van der Waals surface area contributed by atoms with Crippen LogP contribution in [0.2, 0.25) is 0 Å². The van der Waals surface area contributed by atoms with Crippen LogP contribution >= 0.6 is 0 Å². The summed E-state index contributed by atoms with van der Waals surface area (Å²) < 4.78 is 1.63. The predicted octanol–water partition coefficient (Wildman–Crippen LogP) is 0.914. The predicted molar refractivity (Wildman–Crippen MR) is 70.9 cm³/mol. The number of aryl methyl sites for hydroxylation is 1. The maximum absolute atomic E-state index is 12.3. The zero-order chi connectivity index (χ0) is 14.4. The van der Waals surface area contributed by atoms with Crippen LogP contribution in [0, 0.1) is 0 Å². The number of carboxylic acid groups (broad SMARTS) is 1. The molecular weight excluding hydrogens is 260 g/mol. The largest absolute Gasteiger partial charge is 0.481 e. The Kier molecular flexibility index (Phi) is 5.09. The second-order valence-corrected chi connectivity index (χ2v) is 5.08. The molecular formula is C13H20N4O3. The molecule has 0 spiro atoms. The molecule has 110 valence electrons. The second kappa shape index (κ2) is 7.02. The van der Waals surface area contributed by atoms with Gasteiger partial charge in [0.1, 0.15) is 12.7 Å². The van der Waals surface area contributed by atoms with Gasteiger partial charge in [-0.2, -0.15) is 5.10 Å². The Balaban J connectivity index is 1.86. The van der Waals surface area contributed by atoms with Gasteiger partial charge in [-0.25, -0.2) is 4.98 Å². The van der Waals surface area contributed by atoms with E-state index >= 15 is 0 Å². The summed E-state index contributed by atoms with van der Waals surface area (Å²) in [5.41, 5.74) is 0. The molecule has 0 unspecified atom stereocenters. The summed E-state index contributed by atoms with van der Waals surface area (Å²) in [4.78, 5) is 28.6. The number of carbonyl (C=O) groups is 2. The zero-order valence-corrected chi connectivity index (χ0v) is 11.4. The number of nitrogens with zero attached hydrogens (tertiary/aromatic N) is 4. The van der Waals surface area contributed by atoms with Crippen molar-refractivity contribution >= 4 is 11.9 Å². The maximum atomic E-state index is 12.3. The fraction of sp³-hybridized carbons (Fsp3) is 0.692. The van der Waals surface area contributed by atoms with Gasteiger partial charge < -0.3 is 10.0 Å². The normalized spacial score (nSPS) is 19.0. The molecule has 2 rings (SSSR count). The number of piperidine rings is 1. The van der Waals surface area contributed by atoms with Crippen LogP contribution in [0.4, 0.5) is 0 Å².